The van der Waals surface area contributed by atoms with Crippen molar-refractivity contribution in [2.45, 2.75) is 0 Å². The summed E-state index contributed by atoms with van der Waals surface area (Å²) in [4.78, 5) is 17.3. The smallest absolute Gasteiger partial charge is 0.250 e. The van der Waals surface area contributed by atoms with E-state index in [4.69, 9.17) is 13.3 Å². The number of rotatable bonds is 5. The van der Waals surface area contributed by atoms with E-state index < -0.39 is 0 Å². The Labute approximate surface area is 146 Å². The molecule has 4 rings (SSSR count). The number of anilines is 1. The minimum Gasteiger partial charge on any atom is -0.465 e. The number of aromatic nitrogens is 1. The summed E-state index contributed by atoms with van der Waals surface area (Å²) in [6, 6.07) is 10.7. The predicted molar refractivity (Wildman–Crippen MR) is 93.9 cm³/mol. The minimum absolute atomic E-state index is 0.304. The molecular formula is C18H12N2O4S. The molecule has 0 fully saturated rings. The van der Waals surface area contributed by atoms with Crippen molar-refractivity contribution in [2.24, 2.45) is 0 Å². The zero-order chi connectivity index (χ0) is 17.1. The second kappa shape index (κ2) is 6.66. The van der Waals surface area contributed by atoms with Crippen LogP contribution >= 0.6 is 11.3 Å². The normalized spacial score (nSPS) is 11.2. The van der Waals surface area contributed by atoms with E-state index in [9.17, 15) is 4.79 Å². The second-order valence-corrected chi connectivity index (χ2v) is 5.99. The molecule has 4 aromatic heterocycles. The van der Waals surface area contributed by atoms with Gasteiger partial charge in [-0.15, -0.1) is 0 Å². The number of furan rings is 3. The molecule has 0 radical (unpaired) electrons. The monoisotopic (exact) mass is 352 g/mol. The quantitative estimate of drug-likeness (QED) is 0.516. The highest BCUT2D eigenvalue weighted by Crippen LogP contribution is 2.39. The Morgan fingerprint density at radius 3 is 2.40 bits per heavy atom. The molecule has 1 amide bonds. The summed E-state index contributed by atoms with van der Waals surface area (Å²) < 4.78 is 16.0. The van der Waals surface area contributed by atoms with Crippen molar-refractivity contribution >= 4 is 28.5 Å². The number of nitrogens with one attached hydrogen (secondary N) is 1. The van der Waals surface area contributed by atoms with Gasteiger partial charge in [-0.3, -0.25) is 10.1 Å². The van der Waals surface area contributed by atoms with Gasteiger partial charge in [0.15, 0.2) is 10.9 Å². The highest BCUT2D eigenvalue weighted by atomic mass is 32.1. The molecule has 0 aliphatic carbocycles. The molecule has 7 heteroatoms. The van der Waals surface area contributed by atoms with E-state index in [1.165, 1.54) is 17.4 Å². The van der Waals surface area contributed by atoms with Crippen LogP contribution in [-0.2, 0) is 4.79 Å². The van der Waals surface area contributed by atoms with E-state index in [2.05, 4.69) is 10.3 Å². The van der Waals surface area contributed by atoms with Crippen LogP contribution in [0.3, 0.4) is 0 Å². The third kappa shape index (κ3) is 3.31. The Kier molecular flexibility index (Phi) is 4.05. The van der Waals surface area contributed by atoms with Crippen LogP contribution in [0.1, 0.15) is 5.76 Å². The number of carbonyl (C=O) groups is 1. The van der Waals surface area contributed by atoms with Gasteiger partial charge in [-0.1, -0.05) is 11.3 Å². The standard InChI is InChI=1S/C18H12N2O4S/c21-15(8-7-12-4-1-9-22-12)19-18-20-16(13-5-2-10-23-13)17(25-18)14-6-3-11-24-14/h1-11H,(H,19,20,21)/b8-7+. The maximum Gasteiger partial charge on any atom is 0.250 e. The van der Waals surface area contributed by atoms with E-state index in [1.807, 2.05) is 12.1 Å². The van der Waals surface area contributed by atoms with Gasteiger partial charge in [-0.25, -0.2) is 4.98 Å². The summed E-state index contributed by atoms with van der Waals surface area (Å²) in [5.41, 5.74) is 0.621. The van der Waals surface area contributed by atoms with Crippen LogP contribution in [0.5, 0.6) is 0 Å². The summed E-state index contributed by atoms with van der Waals surface area (Å²) in [7, 11) is 0. The molecule has 0 spiro atoms. The summed E-state index contributed by atoms with van der Waals surface area (Å²) in [5, 5.41) is 3.20. The molecule has 0 saturated carbocycles. The molecule has 0 aliphatic rings. The van der Waals surface area contributed by atoms with Gasteiger partial charge in [0.25, 0.3) is 0 Å². The van der Waals surface area contributed by atoms with Crippen molar-refractivity contribution in [3.05, 3.63) is 67.0 Å². The first-order valence-corrected chi connectivity index (χ1v) is 8.22. The average molecular weight is 352 g/mol. The van der Waals surface area contributed by atoms with E-state index >= 15 is 0 Å². The lowest BCUT2D eigenvalue weighted by atomic mass is 10.2. The zero-order valence-corrected chi connectivity index (χ0v) is 13.7. The van der Waals surface area contributed by atoms with Gasteiger partial charge in [0, 0.05) is 6.08 Å². The van der Waals surface area contributed by atoms with Gasteiger partial charge in [0.2, 0.25) is 5.91 Å². The first-order chi connectivity index (χ1) is 12.3. The molecular weight excluding hydrogens is 340 g/mol. The molecule has 0 aliphatic heterocycles. The van der Waals surface area contributed by atoms with Crippen LogP contribution in [0.4, 0.5) is 5.13 Å². The Balaban J connectivity index is 1.60. The molecule has 0 saturated heterocycles. The van der Waals surface area contributed by atoms with Crippen molar-refractivity contribution in [1.29, 1.82) is 0 Å². The molecule has 25 heavy (non-hydrogen) atoms. The van der Waals surface area contributed by atoms with Crippen LogP contribution in [0.2, 0.25) is 0 Å². The van der Waals surface area contributed by atoms with Gasteiger partial charge >= 0.3 is 0 Å². The van der Waals surface area contributed by atoms with Crippen LogP contribution in [0.25, 0.3) is 28.2 Å². The number of thiazole rings is 1. The molecule has 6 nitrogen and oxygen atoms in total. The largest absolute Gasteiger partial charge is 0.465 e. The van der Waals surface area contributed by atoms with Crippen molar-refractivity contribution in [2.75, 3.05) is 5.32 Å². The number of nitrogens with zero attached hydrogens (tertiary/aromatic N) is 1. The maximum atomic E-state index is 12.1. The van der Waals surface area contributed by atoms with E-state index in [-0.39, 0.29) is 5.91 Å². The van der Waals surface area contributed by atoms with E-state index in [0.717, 1.165) is 4.88 Å². The lowest BCUT2D eigenvalue weighted by Gasteiger charge is -1.95. The lowest BCUT2D eigenvalue weighted by Crippen LogP contribution is -2.07. The van der Waals surface area contributed by atoms with Gasteiger partial charge in [0.05, 0.1) is 18.8 Å². The van der Waals surface area contributed by atoms with Crippen LogP contribution in [0.15, 0.2) is 74.5 Å². The van der Waals surface area contributed by atoms with Crippen molar-refractivity contribution in [1.82, 2.24) is 4.98 Å². The van der Waals surface area contributed by atoms with E-state index in [1.54, 1.807) is 49.1 Å². The van der Waals surface area contributed by atoms with Gasteiger partial charge < -0.3 is 13.3 Å². The van der Waals surface area contributed by atoms with Gasteiger partial charge in [0.1, 0.15) is 22.1 Å². The number of amides is 1. The molecule has 124 valence electrons. The molecule has 0 aromatic carbocycles. The first kappa shape index (κ1) is 15.2. The van der Waals surface area contributed by atoms with Crippen molar-refractivity contribution < 1.29 is 18.0 Å². The summed E-state index contributed by atoms with van der Waals surface area (Å²) in [6.45, 7) is 0. The minimum atomic E-state index is -0.304. The maximum absolute atomic E-state index is 12.1. The van der Waals surface area contributed by atoms with Crippen molar-refractivity contribution in [3.63, 3.8) is 0 Å². The Morgan fingerprint density at radius 2 is 1.72 bits per heavy atom. The molecule has 4 heterocycles. The van der Waals surface area contributed by atoms with Crippen molar-refractivity contribution in [3.8, 4) is 22.1 Å². The molecule has 0 atom stereocenters. The topological polar surface area (TPSA) is 81.4 Å². The summed E-state index contributed by atoms with van der Waals surface area (Å²) >= 11 is 1.31. The number of carbonyl (C=O) groups excluding carboxylic acids is 1. The number of hydrogen-bond acceptors (Lipinski definition) is 6. The summed E-state index contributed by atoms with van der Waals surface area (Å²) in [5.74, 6) is 1.56. The van der Waals surface area contributed by atoms with Crippen LogP contribution in [-0.4, -0.2) is 10.9 Å². The third-order valence-electron chi connectivity index (χ3n) is 3.30. The molecule has 0 unspecified atom stereocenters. The molecule has 0 bridgehead atoms. The highest BCUT2D eigenvalue weighted by Gasteiger charge is 2.19. The second-order valence-electron chi connectivity index (χ2n) is 4.99. The van der Waals surface area contributed by atoms with Gasteiger partial charge in [-0.05, 0) is 42.5 Å². The Hall–Kier alpha value is -3.32. The lowest BCUT2D eigenvalue weighted by molar-refractivity contribution is -0.111. The van der Waals surface area contributed by atoms with Crippen LogP contribution in [0, 0.1) is 0 Å². The van der Waals surface area contributed by atoms with E-state index in [0.29, 0.717) is 28.1 Å². The third-order valence-corrected chi connectivity index (χ3v) is 4.28. The number of hydrogen-bond donors (Lipinski definition) is 1. The molecule has 1 N–H and O–H groups in total. The fourth-order valence-corrected chi connectivity index (χ4v) is 3.16. The fraction of sp³-hybridized carbons (Fsp3) is 0. The van der Waals surface area contributed by atoms with Crippen LogP contribution < -0.4 is 5.32 Å². The average Bonchev–Trinajstić information content (AvgIpc) is 3.40. The molecule has 4 aromatic rings. The fourth-order valence-electron chi connectivity index (χ4n) is 2.22. The SMILES string of the molecule is O=C(/C=C/c1ccco1)Nc1nc(-c2ccco2)c(-c2ccco2)s1. The Bertz CT molecular complexity index is 929. The zero-order valence-electron chi connectivity index (χ0n) is 12.8. The highest BCUT2D eigenvalue weighted by molar-refractivity contribution is 7.19. The predicted octanol–water partition coefficient (Wildman–Crippen LogP) is 4.91. The Morgan fingerprint density at radius 1 is 1.00 bits per heavy atom. The van der Waals surface area contributed by atoms with Gasteiger partial charge in [-0.2, -0.15) is 0 Å². The summed E-state index contributed by atoms with van der Waals surface area (Å²) in [6.07, 6.45) is 7.68. The first-order valence-electron chi connectivity index (χ1n) is 7.41.